The first-order valence-corrected chi connectivity index (χ1v) is 8.66. The summed E-state index contributed by atoms with van der Waals surface area (Å²) in [6, 6.07) is 8.60. The van der Waals surface area contributed by atoms with Crippen molar-refractivity contribution in [1.82, 2.24) is 9.78 Å². The number of hydrogen-bond donors (Lipinski definition) is 1. The highest BCUT2D eigenvalue weighted by Crippen LogP contribution is 2.29. The molecule has 2 heterocycles. The molecular formula is C19H18ClN3O5. The Morgan fingerprint density at radius 1 is 1.29 bits per heavy atom. The molecule has 1 aromatic carbocycles. The van der Waals surface area contributed by atoms with E-state index in [2.05, 4.69) is 15.2 Å². The largest absolute Gasteiger partial charge is 0.484 e. The number of furan rings is 1. The maximum absolute atomic E-state index is 12.4. The summed E-state index contributed by atoms with van der Waals surface area (Å²) in [6.45, 7) is 1.99. The summed E-state index contributed by atoms with van der Waals surface area (Å²) >= 11 is 6.13. The molecule has 0 saturated carbocycles. The van der Waals surface area contributed by atoms with E-state index < -0.39 is 11.9 Å². The first kappa shape index (κ1) is 19.5. The summed E-state index contributed by atoms with van der Waals surface area (Å²) in [5.74, 6) is -0.111. The molecule has 0 aliphatic heterocycles. The van der Waals surface area contributed by atoms with E-state index in [4.69, 9.17) is 20.8 Å². The number of carbonyl (C=O) groups excluding carboxylic acids is 2. The lowest BCUT2D eigenvalue weighted by molar-refractivity contribution is 0.0594. The van der Waals surface area contributed by atoms with E-state index in [0.717, 1.165) is 5.56 Å². The number of nitrogens with one attached hydrogen (secondary N) is 1. The third-order valence-corrected chi connectivity index (χ3v) is 4.16. The number of benzene rings is 1. The van der Waals surface area contributed by atoms with Crippen LogP contribution in [0.25, 0.3) is 0 Å². The number of ether oxygens (including phenoxy) is 2. The molecule has 3 rings (SSSR count). The molecule has 2 aromatic heterocycles. The van der Waals surface area contributed by atoms with Gasteiger partial charge in [-0.05, 0) is 30.7 Å². The summed E-state index contributed by atoms with van der Waals surface area (Å²) < 4.78 is 17.3. The SMILES string of the molecule is COC(=O)c1nn(C)cc1NC(=O)c1ccc(COc2c(C)cccc2Cl)o1. The number of halogens is 1. The van der Waals surface area contributed by atoms with E-state index in [0.29, 0.717) is 16.5 Å². The van der Waals surface area contributed by atoms with Crippen LogP contribution in [0.1, 0.15) is 32.4 Å². The Bertz CT molecular complexity index is 1000. The van der Waals surface area contributed by atoms with Crippen molar-refractivity contribution in [3.63, 3.8) is 0 Å². The van der Waals surface area contributed by atoms with Gasteiger partial charge in [-0.3, -0.25) is 9.48 Å². The summed E-state index contributed by atoms with van der Waals surface area (Å²) in [5.41, 5.74) is 1.12. The van der Waals surface area contributed by atoms with Gasteiger partial charge in [-0.2, -0.15) is 5.10 Å². The van der Waals surface area contributed by atoms with Crippen LogP contribution in [0.3, 0.4) is 0 Å². The van der Waals surface area contributed by atoms with Crippen LogP contribution in [-0.2, 0) is 18.4 Å². The zero-order valence-electron chi connectivity index (χ0n) is 15.5. The zero-order chi connectivity index (χ0) is 20.3. The first-order chi connectivity index (χ1) is 13.4. The average Bonchev–Trinajstić information content (AvgIpc) is 3.27. The van der Waals surface area contributed by atoms with Gasteiger partial charge in [0.15, 0.2) is 11.5 Å². The molecule has 1 amide bonds. The zero-order valence-corrected chi connectivity index (χ0v) is 16.2. The Morgan fingerprint density at radius 3 is 2.79 bits per heavy atom. The monoisotopic (exact) mass is 403 g/mol. The normalized spacial score (nSPS) is 10.6. The predicted octanol–water partition coefficient (Wildman–Crippen LogP) is 3.59. The van der Waals surface area contributed by atoms with Crippen molar-refractivity contribution in [3.8, 4) is 5.75 Å². The number of carbonyl (C=O) groups is 2. The fourth-order valence-electron chi connectivity index (χ4n) is 2.53. The second kappa shape index (κ2) is 8.18. The molecule has 9 heteroatoms. The molecule has 0 aliphatic rings. The van der Waals surface area contributed by atoms with Crippen molar-refractivity contribution in [3.05, 3.63) is 64.3 Å². The molecule has 0 saturated heterocycles. The molecular weight excluding hydrogens is 386 g/mol. The number of amides is 1. The number of hydrogen-bond acceptors (Lipinski definition) is 6. The van der Waals surface area contributed by atoms with Gasteiger partial charge in [-0.15, -0.1) is 0 Å². The lowest BCUT2D eigenvalue weighted by atomic mass is 10.2. The molecule has 0 aliphatic carbocycles. The third kappa shape index (κ3) is 4.17. The number of anilines is 1. The Morgan fingerprint density at radius 2 is 2.07 bits per heavy atom. The van der Waals surface area contributed by atoms with E-state index in [1.54, 1.807) is 19.2 Å². The molecule has 28 heavy (non-hydrogen) atoms. The number of esters is 1. The second-order valence-corrected chi connectivity index (χ2v) is 6.36. The Kier molecular flexibility index (Phi) is 5.70. The lowest BCUT2D eigenvalue weighted by Crippen LogP contribution is -2.14. The maximum atomic E-state index is 12.4. The number of nitrogens with zero attached hydrogens (tertiary/aromatic N) is 2. The fraction of sp³-hybridized carbons (Fsp3) is 0.211. The number of aromatic nitrogens is 2. The molecule has 0 bridgehead atoms. The average molecular weight is 404 g/mol. The molecule has 0 fully saturated rings. The molecule has 146 valence electrons. The Balaban J connectivity index is 1.69. The Hall–Kier alpha value is -3.26. The molecule has 1 N–H and O–H groups in total. The van der Waals surface area contributed by atoms with Crippen molar-refractivity contribution in [2.24, 2.45) is 7.05 Å². The van der Waals surface area contributed by atoms with E-state index in [1.807, 2.05) is 19.1 Å². The lowest BCUT2D eigenvalue weighted by Gasteiger charge is -2.09. The minimum Gasteiger partial charge on any atom is -0.484 e. The van der Waals surface area contributed by atoms with Crippen LogP contribution in [0.5, 0.6) is 5.75 Å². The van der Waals surface area contributed by atoms with Crippen molar-refractivity contribution in [1.29, 1.82) is 0 Å². The molecule has 0 radical (unpaired) electrons. The summed E-state index contributed by atoms with van der Waals surface area (Å²) in [6.07, 6.45) is 1.50. The van der Waals surface area contributed by atoms with E-state index in [1.165, 1.54) is 24.1 Å². The summed E-state index contributed by atoms with van der Waals surface area (Å²) in [7, 11) is 2.86. The number of aryl methyl sites for hydroxylation is 2. The van der Waals surface area contributed by atoms with Crippen LogP contribution in [0.2, 0.25) is 5.02 Å². The predicted molar refractivity (Wildman–Crippen MR) is 102 cm³/mol. The number of methoxy groups -OCH3 is 1. The van der Waals surface area contributed by atoms with Crippen LogP contribution in [-0.4, -0.2) is 28.8 Å². The molecule has 0 spiro atoms. The molecule has 0 atom stereocenters. The van der Waals surface area contributed by atoms with E-state index >= 15 is 0 Å². The molecule has 0 unspecified atom stereocenters. The van der Waals surface area contributed by atoms with Crippen LogP contribution in [0.4, 0.5) is 5.69 Å². The van der Waals surface area contributed by atoms with Gasteiger partial charge in [0, 0.05) is 13.2 Å². The molecule has 8 nitrogen and oxygen atoms in total. The van der Waals surface area contributed by atoms with Gasteiger partial charge >= 0.3 is 5.97 Å². The van der Waals surface area contributed by atoms with Gasteiger partial charge < -0.3 is 19.2 Å². The maximum Gasteiger partial charge on any atom is 0.360 e. The van der Waals surface area contributed by atoms with E-state index in [-0.39, 0.29) is 23.7 Å². The highest BCUT2D eigenvalue weighted by atomic mass is 35.5. The van der Waals surface area contributed by atoms with Crippen molar-refractivity contribution in [2.75, 3.05) is 12.4 Å². The van der Waals surface area contributed by atoms with Gasteiger partial charge in [0.2, 0.25) is 0 Å². The third-order valence-electron chi connectivity index (χ3n) is 3.86. The van der Waals surface area contributed by atoms with Crippen molar-refractivity contribution in [2.45, 2.75) is 13.5 Å². The van der Waals surface area contributed by atoms with Gasteiger partial charge in [0.25, 0.3) is 5.91 Å². The Labute approximate surface area is 166 Å². The van der Waals surface area contributed by atoms with E-state index in [9.17, 15) is 9.59 Å². The van der Waals surface area contributed by atoms with Crippen LogP contribution >= 0.6 is 11.6 Å². The smallest absolute Gasteiger partial charge is 0.360 e. The van der Waals surface area contributed by atoms with Crippen LogP contribution in [0, 0.1) is 6.92 Å². The van der Waals surface area contributed by atoms with Crippen LogP contribution in [0.15, 0.2) is 40.9 Å². The topological polar surface area (TPSA) is 95.6 Å². The van der Waals surface area contributed by atoms with Gasteiger partial charge in [-0.25, -0.2) is 4.79 Å². The summed E-state index contributed by atoms with van der Waals surface area (Å²) in [4.78, 5) is 24.2. The van der Waals surface area contributed by atoms with Crippen molar-refractivity contribution < 1.29 is 23.5 Å². The molecule has 3 aromatic rings. The highest BCUT2D eigenvalue weighted by molar-refractivity contribution is 6.32. The fourth-order valence-corrected chi connectivity index (χ4v) is 2.81. The van der Waals surface area contributed by atoms with Crippen LogP contribution < -0.4 is 10.1 Å². The minimum absolute atomic E-state index is 0.00246. The number of rotatable bonds is 6. The second-order valence-electron chi connectivity index (χ2n) is 5.95. The quantitative estimate of drug-likeness (QED) is 0.632. The highest BCUT2D eigenvalue weighted by Gasteiger charge is 2.20. The van der Waals surface area contributed by atoms with Gasteiger partial charge in [0.1, 0.15) is 18.1 Å². The standard InChI is InChI=1S/C19H18ClN3O5/c1-11-5-4-6-13(20)17(11)27-10-12-7-8-15(28-12)18(24)21-14-9-23(2)22-16(14)19(25)26-3/h4-9H,10H2,1-3H3,(H,21,24). The van der Waals surface area contributed by atoms with Gasteiger partial charge in [-0.1, -0.05) is 23.7 Å². The first-order valence-electron chi connectivity index (χ1n) is 8.29. The van der Waals surface area contributed by atoms with Gasteiger partial charge in [0.05, 0.1) is 17.8 Å². The summed E-state index contributed by atoms with van der Waals surface area (Å²) in [5, 5.41) is 7.06. The number of para-hydroxylation sites is 1. The van der Waals surface area contributed by atoms with Crippen molar-refractivity contribution >= 4 is 29.2 Å². The minimum atomic E-state index is -0.653.